The van der Waals surface area contributed by atoms with Gasteiger partial charge in [0.2, 0.25) is 17.7 Å². The SMILES string of the molecule is CCC(C)C(N)C(=O)NC(Cc1ccc(O)cc1)C(=O)NC(CO)C(=O)NC(C(=O)O)C(C)O. The number of nitrogens with one attached hydrogen (secondary N) is 3. The number of hydrogen-bond donors (Lipinski definition) is 8. The van der Waals surface area contributed by atoms with Crippen LogP contribution in [0.3, 0.4) is 0 Å². The zero-order valence-electron chi connectivity index (χ0n) is 19.4. The smallest absolute Gasteiger partial charge is 0.328 e. The third kappa shape index (κ3) is 8.61. The van der Waals surface area contributed by atoms with E-state index in [9.17, 15) is 34.5 Å². The summed E-state index contributed by atoms with van der Waals surface area (Å²) in [7, 11) is 0. The zero-order chi connectivity index (χ0) is 26.0. The van der Waals surface area contributed by atoms with Crippen molar-refractivity contribution in [3.05, 3.63) is 29.8 Å². The highest BCUT2D eigenvalue weighted by Crippen LogP contribution is 2.12. The number of aliphatic carboxylic acids is 1. The van der Waals surface area contributed by atoms with Gasteiger partial charge in [-0.05, 0) is 30.5 Å². The monoisotopic (exact) mass is 482 g/mol. The summed E-state index contributed by atoms with van der Waals surface area (Å²) in [5.74, 6) is -4.09. The lowest BCUT2D eigenvalue weighted by Gasteiger charge is -2.26. The number of carboxylic acids is 1. The van der Waals surface area contributed by atoms with Crippen LogP contribution in [-0.4, -0.2) is 81.0 Å². The van der Waals surface area contributed by atoms with Crippen LogP contribution in [-0.2, 0) is 25.6 Å². The normalized spacial score (nSPS) is 16.3. The number of carbonyl (C=O) groups excluding carboxylic acids is 3. The highest BCUT2D eigenvalue weighted by molar-refractivity contribution is 5.94. The Morgan fingerprint density at radius 1 is 0.941 bits per heavy atom. The van der Waals surface area contributed by atoms with Crippen LogP contribution in [0.15, 0.2) is 24.3 Å². The lowest BCUT2D eigenvalue weighted by atomic mass is 9.98. The minimum Gasteiger partial charge on any atom is -0.508 e. The predicted molar refractivity (Wildman–Crippen MR) is 121 cm³/mol. The first-order chi connectivity index (χ1) is 15.9. The highest BCUT2D eigenvalue weighted by Gasteiger charge is 2.32. The molecular formula is C22H34N4O8. The zero-order valence-corrected chi connectivity index (χ0v) is 19.4. The Labute approximate surface area is 197 Å². The van der Waals surface area contributed by atoms with Gasteiger partial charge in [-0.2, -0.15) is 0 Å². The van der Waals surface area contributed by atoms with Gasteiger partial charge >= 0.3 is 5.97 Å². The molecule has 1 rings (SSSR count). The van der Waals surface area contributed by atoms with Gasteiger partial charge in [0.1, 0.15) is 17.8 Å². The number of hydrogen-bond acceptors (Lipinski definition) is 8. The van der Waals surface area contributed by atoms with Gasteiger partial charge < -0.3 is 42.1 Å². The van der Waals surface area contributed by atoms with Crippen molar-refractivity contribution in [1.82, 2.24) is 16.0 Å². The summed E-state index contributed by atoms with van der Waals surface area (Å²) in [5, 5.41) is 44.6. The molecule has 34 heavy (non-hydrogen) atoms. The van der Waals surface area contributed by atoms with Gasteiger partial charge in [0.05, 0.1) is 18.8 Å². The van der Waals surface area contributed by atoms with E-state index in [1.165, 1.54) is 12.1 Å². The van der Waals surface area contributed by atoms with E-state index in [1.807, 2.05) is 6.92 Å². The molecule has 0 radical (unpaired) electrons. The Bertz CT molecular complexity index is 846. The molecule has 0 heterocycles. The molecule has 3 amide bonds. The number of nitrogens with two attached hydrogens (primary N) is 1. The molecule has 190 valence electrons. The number of aromatic hydroxyl groups is 1. The van der Waals surface area contributed by atoms with E-state index < -0.39 is 60.6 Å². The summed E-state index contributed by atoms with van der Waals surface area (Å²) in [6.07, 6.45) is -0.819. The molecule has 1 aromatic carbocycles. The Hall–Kier alpha value is -3.22. The summed E-state index contributed by atoms with van der Waals surface area (Å²) in [6, 6.07) is 0.626. The van der Waals surface area contributed by atoms with Gasteiger partial charge in [-0.1, -0.05) is 32.4 Å². The quantitative estimate of drug-likeness (QED) is 0.159. The predicted octanol–water partition coefficient (Wildman–Crippen LogP) is -1.78. The Morgan fingerprint density at radius 2 is 1.47 bits per heavy atom. The summed E-state index contributed by atoms with van der Waals surface area (Å²) >= 11 is 0. The van der Waals surface area contributed by atoms with Crippen molar-refractivity contribution in [2.75, 3.05) is 6.61 Å². The minimum atomic E-state index is -1.65. The lowest BCUT2D eigenvalue weighted by molar-refractivity contribution is -0.145. The molecule has 6 atom stereocenters. The van der Waals surface area contributed by atoms with Gasteiger partial charge in [0.15, 0.2) is 6.04 Å². The van der Waals surface area contributed by atoms with E-state index in [4.69, 9.17) is 10.8 Å². The fourth-order valence-corrected chi connectivity index (χ4v) is 2.97. The number of aliphatic hydroxyl groups excluding tert-OH is 2. The molecule has 0 aliphatic heterocycles. The topological polar surface area (TPSA) is 211 Å². The van der Waals surface area contributed by atoms with Crippen LogP contribution in [0.5, 0.6) is 5.75 Å². The first-order valence-corrected chi connectivity index (χ1v) is 10.9. The van der Waals surface area contributed by atoms with Crippen LogP contribution in [0, 0.1) is 5.92 Å². The Balaban J connectivity index is 3.05. The molecule has 9 N–H and O–H groups in total. The van der Waals surface area contributed by atoms with E-state index in [-0.39, 0.29) is 18.1 Å². The maximum absolute atomic E-state index is 13.0. The van der Waals surface area contributed by atoms with Crippen molar-refractivity contribution in [2.24, 2.45) is 11.7 Å². The lowest BCUT2D eigenvalue weighted by Crippen LogP contribution is -2.59. The molecule has 12 heteroatoms. The Kier molecular flexibility index (Phi) is 11.4. The number of aliphatic hydroxyl groups is 2. The standard InChI is InChI=1S/C22H34N4O8/c1-4-11(2)17(23)21(32)24-15(9-13-5-7-14(29)8-6-13)19(30)25-16(10-27)20(31)26-18(12(3)28)22(33)34/h5-8,11-12,15-18,27-29H,4,9-10,23H2,1-3H3,(H,24,32)(H,25,30)(H,26,31)(H,33,34). The number of carboxylic acid groups (broad SMARTS) is 1. The van der Waals surface area contributed by atoms with E-state index in [0.717, 1.165) is 6.92 Å². The Morgan fingerprint density at radius 3 is 1.94 bits per heavy atom. The number of benzene rings is 1. The summed E-state index contributed by atoms with van der Waals surface area (Å²) < 4.78 is 0. The maximum Gasteiger partial charge on any atom is 0.328 e. The molecule has 0 fully saturated rings. The summed E-state index contributed by atoms with van der Waals surface area (Å²) in [6.45, 7) is 3.94. The van der Waals surface area contributed by atoms with Crippen LogP contribution in [0.25, 0.3) is 0 Å². The van der Waals surface area contributed by atoms with Crippen molar-refractivity contribution < 1.29 is 39.6 Å². The van der Waals surface area contributed by atoms with Gasteiger partial charge in [-0.3, -0.25) is 14.4 Å². The summed E-state index contributed by atoms with van der Waals surface area (Å²) in [5.41, 5.74) is 6.54. The van der Waals surface area contributed by atoms with E-state index in [1.54, 1.807) is 19.1 Å². The van der Waals surface area contributed by atoms with Crippen LogP contribution in [0.2, 0.25) is 0 Å². The number of phenolic OH excluding ortho intramolecular Hbond substituents is 1. The van der Waals surface area contributed by atoms with Crippen LogP contribution in [0.1, 0.15) is 32.8 Å². The molecule has 0 spiro atoms. The van der Waals surface area contributed by atoms with Crippen LogP contribution < -0.4 is 21.7 Å². The van der Waals surface area contributed by atoms with Crippen molar-refractivity contribution in [3.8, 4) is 5.75 Å². The van der Waals surface area contributed by atoms with E-state index >= 15 is 0 Å². The number of rotatable bonds is 13. The van der Waals surface area contributed by atoms with Gasteiger partial charge in [-0.25, -0.2) is 4.79 Å². The van der Waals surface area contributed by atoms with Crippen molar-refractivity contribution >= 4 is 23.7 Å². The van der Waals surface area contributed by atoms with E-state index in [0.29, 0.717) is 12.0 Å². The summed E-state index contributed by atoms with van der Waals surface area (Å²) in [4.78, 5) is 49.2. The first kappa shape index (κ1) is 28.8. The third-order valence-electron chi connectivity index (χ3n) is 5.43. The second kappa shape index (κ2) is 13.5. The molecule has 0 aliphatic carbocycles. The first-order valence-electron chi connectivity index (χ1n) is 10.9. The van der Waals surface area contributed by atoms with Crippen molar-refractivity contribution in [1.29, 1.82) is 0 Å². The molecule has 0 aliphatic rings. The highest BCUT2D eigenvalue weighted by atomic mass is 16.4. The second-order valence-corrected chi connectivity index (χ2v) is 8.15. The van der Waals surface area contributed by atoms with Crippen LogP contribution in [0.4, 0.5) is 0 Å². The number of phenols is 1. The number of amides is 3. The molecule has 1 aromatic rings. The van der Waals surface area contributed by atoms with Gasteiger partial charge in [-0.15, -0.1) is 0 Å². The average Bonchev–Trinajstić information content (AvgIpc) is 2.79. The van der Waals surface area contributed by atoms with Gasteiger partial charge in [0.25, 0.3) is 0 Å². The maximum atomic E-state index is 13.0. The molecule has 0 saturated heterocycles. The van der Waals surface area contributed by atoms with Gasteiger partial charge in [0, 0.05) is 6.42 Å². The average molecular weight is 483 g/mol. The fourth-order valence-electron chi connectivity index (χ4n) is 2.97. The van der Waals surface area contributed by atoms with Crippen molar-refractivity contribution in [3.63, 3.8) is 0 Å². The van der Waals surface area contributed by atoms with E-state index in [2.05, 4.69) is 16.0 Å². The molecule has 0 aromatic heterocycles. The fraction of sp³-hybridized carbons (Fsp3) is 0.545. The molecule has 0 saturated carbocycles. The van der Waals surface area contributed by atoms with Crippen molar-refractivity contribution in [2.45, 2.75) is 63.9 Å². The largest absolute Gasteiger partial charge is 0.508 e. The third-order valence-corrected chi connectivity index (χ3v) is 5.43. The molecule has 12 nitrogen and oxygen atoms in total. The number of carbonyl (C=O) groups is 4. The molecule has 6 unspecified atom stereocenters. The van der Waals surface area contributed by atoms with Crippen LogP contribution >= 0.6 is 0 Å². The second-order valence-electron chi connectivity index (χ2n) is 8.15. The molecule has 0 bridgehead atoms. The minimum absolute atomic E-state index is 0.00990. The molecular weight excluding hydrogens is 448 g/mol.